The lowest BCUT2D eigenvalue weighted by molar-refractivity contribution is 0.190. The van der Waals surface area contributed by atoms with E-state index in [0.29, 0.717) is 17.8 Å². The van der Waals surface area contributed by atoms with Crippen LogP contribution in [0.3, 0.4) is 0 Å². The number of rotatable bonds is 6. The number of methoxy groups -OCH3 is 1. The number of nitrogens with one attached hydrogen (secondary N) is 1. The summed E-state index contributed by atoms with van der Waals surface area (Å²) >= 11 is 0. The predicted octanol–water partition coefficient (Wildman–Crippen LogP) is 1.97. The molecule has 4 rings (SSSR count). The Morgan fingerprint density at radius 2 is 2.19 bits per heavy atom. The monoisotopic (exact) mass is 369 g/mol. The Balaban J connectivity index is 1.62. The molecule has 3 heterocycles. The third-order valence-electron chi connectivity index (χ3n) is 5.37. The van der Waals surface area contributed by atoms with E-state index < -0.39 is 0 Å². The van der Waals surface area contributed by atoms with Crippen molar-refractivity contribution in [1.29, 1.82) is 0 Å². The van der Waals surface area contributed by atoms with Gasteiger partial charge in [0, 0.05) is 61.7 Å². The van der Waals surface area contributed by atoms with E-state index >= 15 is 0 Å². The predicted molar refractivity (Wildman–Crippen MR) is 104 cm³/mol. The number of aryl methyl sites for hydroxylation is 1. The van der Waals surface area contributed by atoms with Gasteiger partial charge in [-0.3, -0.25) is 4.68 Å². The van der Waals surface area contributed by atoms with Gasteiger partial charge in [-0.1, -0.05) is 6.42 Å². The van der Waals surface area contributed by atoms with E-state index in [4.69, 9.17) is 15.5 Å². The van der Waals surface area contributed by atoms with Crippen LogP contribution in [0, 0.1) is 0 Å². The number of anilines is 1. The molecule has 1 aliphatic carbocycles. The number of nitrogens with two attached hydrogens (primary N) is 1. The Kier molecular flexibility index (Phi) is 5.09. The van der Waals surface area contributed by atoms with Gasteiger partial charge in [0.2, 0.25) is 0 Å². The van der Waals surface area contributed by atoms with Crippen molar-refractivity contribution in [1.82, 2.24) is 29.7 Å². The smallest absolute Gasteiger partial charge is 0.165 e. The van der Waals surface area contributed by atoms with Crippen molar-refractivity contribution < 1.29 is 4.74 Å². The summed E-state index contributed by atoms with van der Waals surface area (Å²) in [5, 5.41) is 12.3. The van der Waals surface area contributed by atoms with Crippen LogP contribution in [0.1, 0.15) is 37.3 Å². The van der Waals surface area contributed by atoms with Gasteiger partial charge in [-0.25, -0.2) is 4.98 Å². The third-order valence-corrected chi connectivity index (χ3v) is 5.37. The average molecular weight is 369 g/mol. The summed E-state index contributed by atoms with van der Waals surface area (Å²) in [6.07, 6.45) is 10.2. The van der Waals surface area contributed by atoms with Crippen LogP contribution in [0.25, 0.3) is 16.8 Å². The molecule has 3 N–H and O–H groups in total. The molecule has 1 fully saturated rings. The number of nitrogens with zero attached hydrogens (tertiary/aromatic N) is 5. The summed E-state index contributed by atoms with van der Waals surface area (Å²) in [6, 6.07) is 2.48. The Labute approximate surface area is 158 Å². The normalized spacial score (nSPS) is 20.4. The molecular formula is C19H27N7O. The Hall–Kier alpha value is -2.45. The highest BCUT2D eigenvalue weighted by molar-refractivity contribution is 5.77. The van der Waals surface area contributed by atoms with Crippen molar-refractivity contribution in [2.75, 3.05) is 26.0 Å². The first-order valence-corrected chi connectivity index (χ1v) is 9.51. The first-order valence-electron chi connectivity index (χ1n) is 9.51. The fourth-order valence-corrected chi connectivity index (χ4v) is 3.99. The van der Waals surface area contributed by atoms with Gasteiger partial charge in [0.15, 0.2) is 5.65 Å². The first kappa shape index (κ1) is 17.9. The molecule has 0 radical (unpaired) electrons. The minimum absolute atomic E-state index is 0.405. The molecule has 3 aromatic rings. The molecule has 1 aliphatic rings. The van der Waals surface area contributed by atoms with Crippen molar-refractivity contribution in [3.05, 3.63) is 30.4 Å². The summed E-state index contributed by atoms with van der Waals surface area (Å²) in [6.45, 7) is 1.62. The van der Waals surface area contributed by atoms with Gasteiger partial charge in [-0.15, -0.1) is 0 Å². The summed E-state index contributed by atoms with van der Waals surface area (Å²) < 4.78 is 8.64. The third kappa shape index (κ3) is 3.68. The van der Waals surface area contributed by atoms with Gasteiger partial charge in [0.25, 0.3) is 0 Å². The van der Waals surface area contributed by atoms with Crippen molar-refractivity contribution in [3.63, 3.8) is 0 Å². The van der Waals surface area contributed by atoms with Gasteiger partial charge in [0.1, 0.15) is 5.82 Å². The summed E-state index contributed by atoms with van der Waals surface area (Å²) in [7, 11) is 3.64. The first-order chi connectivity index (χ1) is 13.2. The minimum atomic E-state index is 0.405. The number of hydrogen-bond acceptors (Lipinski definition) is 6. The molecule has 0 bridgehead atoms. The number of hydrogen-bond donors (Lipinski definition) is 2. The zero-order valence-corrected chi connectivity index (χ0v) is 15.9. The fraction of sp³-hybridized carbons (Fsp3) is 0.526. The molecule has 27 heavy (non-hydrogen) atoms. The molecule has 144 valence electrons. The van der Waals surface area contributed by atoms with E-state index in [-0.39, 0.29) is 0 Å². The summed E-state index contributed by atoms with van der Waals surface area (Å²) in [4.78, 5) is 4.97. The van der Waals surface area contributed by atoms with Crippen LogP contribution in [0.15, 0.2) is 24.7 Å². The molecular weight excluding hydrogens is 342 g/mol. The Morgan fingerprint density at radius 3 is 2.96 bits per heavy atom. The SMILES string of the molecule is COCCN[C@@H]1CCC[C@H](c2cc(N)n3ncc(-c4cnn(C)c4)c3n2)C1. The van der Waals surface area contributed by atoms with E-state index in [1.54, 1.807) is 16.3 Å². The topological polar surface area (TPSA) is 95.3 Å². The van der Waals surface area contributed by atoms with Crippen molar-refractivity contribution in [2.24, 2.45) is 7.05 Å². The van der Waals surface area contributed by atoms with Gasteiger partial charge in [-0.05, 0) is 19.3 Å². The molecule has 8 nitrogen and oxygen atoms in total. The molecule has 8 heteroatoms. The molecule has 1 saturated carbocycles. The maximum Gasteiger partial charge on any atom is 0.165 e. The number of nitrogen functional groups attached to an aromatic ring is 1. The molecule has 0 aliphatic heterocycles. The van der Waals surface area contributed by atoms with Crippen molar-refractivity contribution in [2.45, 2.75) is 37.6 Å². The van der Waals surface area contributed by atoms with E-state index in [1.807, 2.05) is 31.7 Å². The Morgan fingerprint density at radius 1 is 1.30 bits per heavy atom. The van der Waals surface area contributed by atoms with Crippen LogP contribution in [-0.2, 0) is 11.8 Å². The molecule has 0 saturated heterocycles. The van der Waals surface area contributed by atoms with Crippen molar-refractivity contribution >= 4 is 11.5 Å². The van der Waals surface area contributed by atoms with Crippen LogP contribution in [0.2, 0.25) is 0 Å². The van der Waals surface area contributed by atoms with Crippen LogP contribution < -0.4 is 11.1 Å². The highest BCUT2D eigenvalue weighted by Crippen LogP contribution is 2.34. The maximum absolute atomic E-state index is 6.30. The Bertz CT molecular complexity index is 916. The summed E-state index contributed by atoms with van der Waals surface area (Å²) in [5.74, 6) is 1.03. The zero-order chi connectivity index (χ0) is 18.8. The van der Waals surface area contributed by atoms with Crippen LogP contribution in [0.5, 0.6) is 0 Å². The standard InChI is InChI=1S/C19H27N7O/c1-25-12-14(10-22-25)16-11-23-26-18(20)9-17(24-19(16)26)13-4-3-5-15(8-13)21-6-7-27-2/h9-13,15,21H,3-8,20H2,1-2H3/t13-,15+/m0/s1. The fourth-order valence-electron chi connectivity index (χ4n) is 3.99. The van der Waals surface area contributed by atoms with Gasteiger partial charge < -0.3 is 15.8 Å². The maximum atomic E-state index is 6.30. The second-order valence-corrected chi connectivity index (χ2v) is 7.31. The van der Waals surface area contributed by atoms with Gasteiger partial charge in [0.05, 0.1) is 19.0 Å². The molecule has 0 aromatic carbocycles. The van der Waals surface area contributed by atoms with Crippen LogP contribution in [-0.4, -0.2) is 50.7 Å². The molecule has 2 atom stereocenters. The van der Waals surface area contributed by atoms with E-state index in [1.165, 1.54) is 12.8 Å². The lowest BCUT2D eigenvalue weighted by Crippen LogP contribution is -2.35. The lowest BCUT2D eigenvalue weighted by atomic mass is 9.83. The highest BCUT2D eigenvalue weighted by Gasteiger charge is 2.25. The number of aromatic nitrogens is 5. The zero-order valence-electron chi connectivity index (χ0n) is 15.9. The van der Waals surface area contributed by atoms with Crippen LogP contribution >= 0.6 is 0 Å². The molecule has 0 unspecified atom stereocenters. The van der Waals surface area contributed by atoms with E-state index in [2.05, 4.69) is 15.5 Å². The van der Waals surface area contributed by atoms with Crippen LogP contribution in [0.4, 0.5) is 5.82 Å². The number of fused-ring (bicyclic) bond motifs is 1. The molecule has 0 amide bonds. The highest BCUT2D eigenvalue weighted by atomic mass is 16.5. The lowest BCUT2D eigenvalue weighted by Gasteiger charge is -2.29. The second-order valence-electron chi connectivity index (χ2n) is 7.31. The quantitative estimate of drug-likeness (QED) is 0.645. The van der Waals surface area contributed by atoms with Gasteiger partial charge >= 0.3 is 0 Å². The minimum Gasteiger partial charge on any atom is -0.384 e. The van der Waals surface area contributed by atoms with Gasteiger partial charge in [-0.2, -0.15) is 14.7 Å². The number of ether oxygens (including phenoxy) is 1. The second kappa shape index (κ2) is 7.66. The van der Waals surface area contributed by atoms with E-state index in [0.717, 1.165) is 48.5 Å². The average Bonchev–Trinajstić information content (AvgIpc) is 3.28. The van der Waals surface area contributed by atoms with E-state index in [9.17, 15) is 0 Å². The van der Waals surface area contributed by atoms with Crippen molar-refractivity contribution in [3.8, 4) is 11.1 Å². The summed E-state index contributed by atoms with van der Waals surface area (Å²) in [5.41, 5.74) is 10.1. The largest absolute Gasteiger partial charge is 0.384 e. The molecule has 3 aromatic heterocycles. The molecule has 0 spiro atoms.